The number of rotatable bonds is 4. The van der Waals surface area contributed by atoms with Gasteiger partial charge in [0.2, 0.25) is 0 Å². The summed E-state index contributed by atoms with van der Waals surface area (Å²) in [5.74, 6) is -0.581. The number of aromatic hydroxyl groups is 1. The fourth-order valence-electron chi connectivity index (χ4n) is 1.91. The van der Waals surface area contributed by atoms with Gasteiger partial charge in [0, 0.05) is 6.54 Å². The number of carbonyl (C=O) groups is 1. The number of para-hydroxylation sites is 1. The van der Waals surface area contributed by atoms with Crippen LogP contribution in [0, 0.1) is 12.7 Å². The Hall–Kier alpha value is -2.36. The Bertz CT molecular complexity index is 608. The summed E-state index contributed by atoms with van der Waals surface area (Å²) in [6.07, 6.45) is 0.610. The van der Waals surface area contributed by atoms with Crippen molar-refractivity contribution in [2.45, 2.75) is 13.3 Å². The van der Waals surface area contributed by atoms with Crippen molar-refractivity contribution in [2.24, 2.45) is 0 Å². The normalized spacial score (nSPS) is 10.3. The average Bonchev–Trinajstić information content (AvgIpc) is 2.44. The first-order valence-electron chi connectivity index (χ1n) is 6.39. The maximum Gasteiger partial charge on any atom is 0.255 e. The molecule has 4 heteroatoms. The zero-order valence-electron chi connectivity index (χ0n) is 11.2. The highest BCUT2D eigenvalue weighted by atomic mass is 19.1. The number of phenolic OH excluding ortho intramolecular Hbond substituents is 1. The summed E-state index contributed by atoms with van der Waals surface area (Å²) < 4.78 is 12.7. The minimum atomic E-state index is -0.312. The smallest absolute Gasteiger partial charge is 0.255 e. The van der Waals surface area contributed by atoms with Crippen molar-refractivity contribution < 1.29 is 14.3 Å². The maximum absolute atomic E-state index is 12.7. The standard InChI is InChI=1S/C16H16FNO2/c1-11-3-2-4-14(15(11)19)16(20)18-10-9-12-5-7-13(17)8-6-12/h2-8,19H,9-10H2,1H3,(H,18,20). The third kappa shape index (κ3) is 3.35. The molecule has 0 heterocycles. The molecule has 3 nitrogen and oxygen atoms in total. The molecule has 0 bridgehead atoms. The summed E-state index contributed by atoms with van der Waals surface area (Å²) >= 11 is 0. The van der Waals surface area contributed by atoms with E-state index in [-0.39, 0.29) is 23.0 Å². The van der Waals surface area contributed by atoms with Crippen molar-refractivity contribution in [1.29, 1.82) is 0 Å². The molecular weight excluding hydrogens is 257 g/mol. The van der Waals surface area contributed by atoms with Gasteiger partial charge in [-0.1, -0.05) is 24.3 Å². The number of amides is 1. The second-order valence-corrected chi connectivity index (χ2v) is 4.60. The van der Waals surface area contributed by atoms with Crippen LogP contribution in [0.1, 0.15) is 21.5 Å². The van der Waals surface area contributed by atoms with E-state index in [0.717, 1.165) is 5.56 Å². The molecule has 0 saturated carbocycles. The number of hydrogen-bond acceptors (Lipinski definition) is 2. The molecule has 0 aliphatic heterocycles. The highest BCUT2D eigenvalue weighted by Crippen LogP contribution is 2.20. The molecule has 2 rings (SSSR count). The number of phenols is 1. The third-order valence-electron chi connectivity index (χ3n) is 3.09. The van der Waals surface area contributed by atoms with Crippen molar-refractivity contribution in [3.8, 4) is 5.75 Å². The first kappa shape index (κ1) is 14.1. The fourth-order valence-corrected chi connectivity index (χ4v) is 1.91. The second-order valence-electron chi connectivity index (χ2n) is 4.60. The average molecular weight is 273 g/mol. The lowest BCUT2D eigenvalue weighted by molar-refractivity contribution is 0.0951. The summed E-state index contributed by atoms with van der Waals surface area (Å²) in [5, 5.41) is 12.5. The largest absolute Gasteiger partial charge is 0.507 e. The lowest BCUT2D eigenvalue weighted by Crippen LogP contribution is -2.25. The number of carbonyl (C=O) groups excluding carboxylic acids is 1. The zero-order chi connectivity index (χ0) is 14.5. The van der Waals surface area contributed by atoms with Crippen LogP contribution >= 0.6 is 0 Å². The summed E-state index contributed by atoms with van der Waals surface area (Å²) in [6, 6.07) is 11.2. The molecule has 0 aromatic heterocycles. The third-order valence-corrected chi connectivity index (χ3v) is 3.09. The van der Waals surface area contributed by atoms with Gasteiger partial charge in [-0.3, -0.25) is 4.79 Å². The van der Waals surface area contributed by atoms with Crippen molar-refractivity contribution >= 4 is 5.91 Å². The van der Waals surface area contributed by atoms with Gasteiger partial charge in [-0.15, -0.1) is 0 Å². The van der Waals surface area contributed by atoms with Gasteiger partial charge in [0.25, 0.3) is 5.91 Å². The van der Waals surface area contributed by atoms with Gasteiger partial charge in [0.15, 0.2) is 0 Å². The molecule has 0 saturated heterocycles. The van der Waals surface area contributed by atoms with Crippen LogP contribution in [-0.2, 0) is 6.42 Å². The molecule has 104 valence electrons. The lowest BCUT2D eigenvalue weighted by Gasteiger charge is -2.08. The van der Waals surface area contributed by atoms with E-state index in [1.807, 2.05) is 0 Å². The molecule has 2 aromatic carbocycles. The second kappa shape index (κ2) is 6.19. The van der Waals surface area contributed by atoms with Gasteiger partial charge >= 0.3 is 0 Å². The molecule has 0 fully saturated rings. The molecular formula is C16H16FNO2. The van der Waals surface area contributed by atoms with Gasteiger partial charge in [-0.2, -0.15) is 0 Å². The van der Waals surface area contributed by atoms with E-state index in [0.29, 0.717) is 18.5 Å². The maximum atomic E-state index is 12.7. The Kier molecular flexibility index (Phi) is 4.35. The van der Waals surface area contributed by atoms with E-state index < -0.39 is 0 Å². The SMILES string of the molecule is Cc1cccc(C(=O)NCCc2ccc(F)cc2)c1O. The molecule has 1 amide bonds. The summed E-state index contributed by atoms with van der Waals surface area (Å²) in [6.45, 7) is 2.17. The quantitative estimate of drug-likeness (QED) is 0.900. The van der Waals surface area contributed by atoms with E-state index >= 15 is 0 Å². The first-order valence-corrected chi connectivity index (χ1v) is 6.39. The monoisotopic (exact) mass is 273 g/mol. The summed E-state index contributed by atoms with van der Waals surface area (Å²) in [5.41, 5.74) is 1.88. The number of nitrogens with one attached hydrogen (secondary N) is 1. The topological polar surface area (TPSA) is 49.3 Å². The summed E-state index contributed by atoms with van der Waals surface area (Å²) in [4.78, 5) is 11.9. The predicted molar refractivity (Wildman–Crippen MR) is 75.3 cm³/mol. The Morgan fingerprint density at radius 3 is 2.60 bits per heavy atom. The Balaban J connectivity index is 1.92. The Morgan fingerprint density at radius 2 is 1.90 bits per heavy atom. The first-order chi connectivity index (χ1) is 9.58. The molecule has 20 heavy (non-hydrogen) atoms. The van der Waals surface area contributed by atoms with E-state index in [4.69, 9.17) is 0 Å². The number of hydrogen-bond donors (Lipinski definition) is 2. The van der Waals surface area contributed by atoms with E-state index in [1.54, 1.807) is 37.3 Å². The number of benzene rings is 2. The lowest BCUT2D eigenvalue weighted by atomic mass is 10.1. The van der Waals surface area contributed by atoms with Gasteiger partial charge < -0.3 is 10.4 Å². The van der Waals surface area contributed by atoms with Crippen LogP contribution < -0.4 is 5.32 Å². The van der Waals surface area contributed by atoms with E-state index in [9.17, 15) is 14.3 Å². The predicted octanol–water partition coefficient (Wildman–Crippen LogP) is 2.81. The van der Waals surface area contributed by atoms with Crippen LogP contribution in [0.25, 0.3) is 0 Å². The zero-order valence-corrected chi connectivity index (χ0v) is 11.2. The van der Waals surface area contributed by atoms with Gasteiger partial charge in [-0.05, 0) is 42.7 Å². The highest BCUT2D eigenvalue weighted by Gasteiger charge is 2.11. The fraction of sp³-hybridized carbons (Fsp3) is 0.188. The molecule has 0 radical (unpaired) electrons. The van der Waals surface area contributed by atoms with Gasteiger partial charge in [-0.25, -0.2) is 4.39 Å². The number of aryl methyl sites for hydroxylation is 1. The van der Waals surface area contributed by atoms with Crippen LogP contribution in [0.15, 0.2) is 42.5 Å². The van der Waals surface area contributed by atoms with Crippen molar-refractivity contribution in [3.63, 3.8) is 0 Å². The Labute approximate surface area is 117 Å². The van der Waals surface area contributed by atoms with E-state index in [2.05, 4.69) is 5.32 Å². The minimum absolute atomic E-state index is 0.00628. The van der Waals surface area contributed by atoms with Crippen LogP contribution in [0.3, 0.4) is 0 Å². The molecule has 0 unspecified atom stereocenters. The van der Waals surface area contributed by atoms with Crippen LogP contribution in [0.2, 0.25) is 0 Å². The van der Waals surface area contributed by atoms with Crippen LogP contribution in [0.4, 0.5) is 4.39 Å². The van der Waals surface area contributed by atoms with Crippen LogP contribution in [0.5, 0.6) is 5.75 Å². The van der Waals surface area contributed by atoms with Crippen molar-refractivity contribution in [2.75, 3.05) is 6.54 Å². The minimum Gasteiger partial charge on any atom is -0.507 e. The van der Waals surface area contributed by atoms with Crippen LogP contribution in [-0.4, -0.2) is 17.6 Å². The molecule has 2 aromatic rings. The van der Waals surface area contributed by atoms with Gasteiger partial charge in [0.1, 0.15) is 11.6 Å². The molecule has 0 aliphatic carbocycles. The van der Waals surface area contributed by atoms with Gasteiger partial charge in [0.05, 0.1) is 5.56 Å². The molecule has 0 aliphatic rings. The molecule has 0 atom stereocenters. The van der Waals surface area contributed by atoms with Crippen molar-refractivity contribution in [3.05, 3.63) is 65.0 Å². The molecule has 0 spiro atoms. The van der Waals surface area contributed by atoms with E-state index in [1.165, 1.54) is 12.1 Å². The number of halogens is 1. The molecule has 2 N–H and O–H groups in total. The highest BCUT2D eigenvalue weighted by molar-refractivity contribution is 5.97. The summed E-state index contributed by atoms with van der Waals surface area (Å²) in [7, 11) is 0. The Morgan fingerprint density at radius 1 is 1.20 bits per heavy atom. The van der Waals surface area contributed by atoms with Crippen molar-refractivity contribution in [1.82, 2.24) is 5.32 Å².